The van der Waals surface area contributed by atoms with E-state index in [4.69, 9.17) is 19.0 Å². The summed E-state index contributed by atoms with van der Waals surface area (Å²) in [5.74, 6) is 1.17. The van der Waals surface area contributed by atoms with Crippen LogP contribution in [-0.4, -0.2) is 81.1 Å². The fourth-order valence-corrected chi connectivity index (χ4v) is 9.19. The van der Waals surface area contributed by atoms with Gasteiger partial charge in [-0.15, -0.1) is 11.3 Å². The van der Waals surface area contributed by atoms with Crippen molar-refractivity contribution in [2.45, 2.75) is 53.2 Å². The number of rotatable bonds is 17. The maximum absolute atomic E-state index is 15.3. The minimum absolute atomic E-state index is 0.128. The number of aromatic nitrogens is 5. The van der Waals surface area contributed by atoms with Crippen molar-refractivity contribution in [1.29, 1.82) is 0 Å². The van der Waals surface area contributed by atoms with E-state index in [0.717, 1.165) is 108 Å². The Bertz CT molecular complexity index is 2890. The lowest BCUT2D eigenvalue weighted by Gasteiger charge is -2.27. The highest BCUT2D eigenvalue weighted by Gasteiger charge is 2.19. The molecule has 1 amide bonds. The van der Waals surface area contributed by atoms with Gasteiger partial charge in [0, 0.05) is 96.3 Å². The molecule has 1 aliphatic heterocycles. The average Bonchev–Trinajstić information content (AvgIpc) is 4.10. The summed E-state index contributed by atoms with van der Waals surface area (Å²) >= 11 is 1.60. The Labute approximate surface area is 369 Å². The number of carbonyl (C=O) groups is 1. The first-order valence-electron chi connectivity index (χ1n) is 21.6. The Hall–Kier alpha value is -6.35. The number of benzene rings is 4. The van der Waals surface area contributed by atoms with Crippen LogP contribution in [0, 0.1) is 19.7 Å². The molecule has 1 saturated heterocycles. The van der Waals surface area contributed by atoms with Crippen LogP contribution in [0.4, 0.5) is 4.39 Å². The predicted molar refractivity (Wildman–Crippen MR) is 246 cm³/mol. The molecule has 14 heteroatoms. The number of halogens is 1. The van der Waals surface area contributed by atoms with E-state index in [-0.39, 0.29) is 24.8 Å². The highest BCUT2D eigenvalue weighted by molar-refractivity contribution is 7.07. The number of amides is 1. The van der Waals surface area contributed by atoms with Crippen LogP contribution in [0.25, 0.3) is 55.2 Å². The molecule has 0 spiro atoms. The van der Waals surface area contributed by atoms with Crippen molar-refractivity contribution in [3.05, 3.63) is 130 Å². The molecule has 1 aliphatic rings. The number of imidazole rings is 1. The molecule has 0 saturated carbocycles. The van der Waals surface area contributed by atoms with Crippen LogP contribution in [0.2, 0.25) is 0 Å². The molecule has 2 N–H and O–H groups in total. The van der Waals surface area contributed by atoms with Crippen molar-refractivity contribution in [3.63, 3.8) is 0 Å². The van der Waals surface area contributed by atoms with Gasteiger partial charge in [-0.05, 0) is 86.3 Å². The minimum atomic E-state index is -0.439. The van der Waals surface area contributed by atoms with Gasteiger partial charge < -0.3 is 33.8 Å². The normalized spacial score (nSPS) is 13.5. The molecule has 63 heavy (non-hydrogen) atoms. The minimum Gasteiger partial charge on any atom is -0.489 e. The van der Waals surface area contributed by atoms with Gasteiger partial charge in [0.2, 0.25) is 5.91 Å². The number of fused-ring (bicyclic) bond motifs is 4. The summed E-state index contributed by atoms with van der Waals surface area (Å²) < 4.78 is 36.6. The molecule has 0 bridgehead atoms. The maximum Gasteiger partial charge on any atom is 0.245 e. The molecule has 5 heterocycles. The molecule has 0 aliphatic carbocycles. The van der Waals surface area contributed by atoms with Crippen molar-refractivity contribution in [3.8, 4) is 28.1 Å². The van der Waals surface area contributed by atoms with Gasteiger partial charge in [0.25, 0.3) is 0 Å². The first-order chi connectivity index (χ1) is 30.8. The highest BCUT2D eigenvalue weighted by atomic mass is 32.1. The van der Waals surface area contributed by atoms with Gasteiger partial charge >= 0.3 is 0 Å². The third-order valence-electron chi connectivity index (χ3n) is 11.8. The SMILES string of the molecule is CCn1c2ccc(CNC=CC(=O)NCCOc3ccc(CCc4nc5cc(-c6c(C)noc6C)ccc5n4CCN4CCOCC4)cc3F)cc2c2ccc(-c3cscn3)cc21. The number of hydrogen-bond acceptors (Lipinski definition) is 10. The molecule has 0 unspecified atom stereocenters. The number of nitrogens with one attached hydrogen (secondary N) is 2. The molecule has 0 radical (unpaired) electrons. The molecule has 324 valence electrons. The monoisotopic (exact) mass is 866 g/mol. The van der Waals surface area contributed by atoms with Gasteiger partial charge in [0.1, 0.15) is 18.2 Å². The molecule has 9 rings (SSSR count). The van der Waals surface area contributed by atoms with Gasteiger partial charge in [-0.1, -0.05) is 35.5 Å². The lowest BCUT2D eigenvalue weighted by atomic mass is 10.0. The summed E-state index contributed by atoms with van der Waals surface area (Å²) in [7, 11) is 0. The predicted octanol–water partition coefficient (Wildman–Crippen LogP) is 8.61. The standard InChI is InChI=1S/C49H51FN8O4S/c1-4-57-43-11-5-35(25-39(43)38-10-8-36(28-45(38)57)42-30-63-31-53-42)29-51-16-15-48(59)52-17-22-61-46-13-6-34(26-40(46)50)7-14-47-54-41-27-37(49-32(2)55-62-33(49)3)9-12-44(41)58(47)19-18-56-20-23-60-24-21-56/h5-6,8-13,15-16,25-28,30-31,51H,4,7,14,17-24,29H2,1-3H3,(H,52,59). The number of hydrogen-bond donors (Lipinski definition) is 2. The van der Waals surface area contributed by atoms with E-state index in [9.17, 15) is 4.79 Å². The Balaban J connectivity index is 0.764. The van der Waals surface area contributed by atoms with Gasteiger partial charge in [-0.25, -0.2) is 14.4 Å². The average molecular weight is 867 g/mol. The van der Waals surface area contributed by atoms with E-state index in [0.29, 0.717) is 19.4 Å². The van der Waals surface area contributed by atoms with E-state index < -0.39 is 5.82 Å². The zero-order valence-electron chi connectivity index (χ0n) is 35.8. The number of carbonyl (C=O) groups excluding carboxylic acids is 1. The fraction of sp³-hybridized carbons (Fsp3) is 0.306. The highest BCUT2D eigenvalue weighted by Crippen LogP contribution is 2.34. The lowest BCUT2D eigenvalue weighted by molar-refractivity contribution is -0.116. The summed E-state index contributed by atoms with van der Waals surface area (Å²) in [6.07, 6.45) is 4.34. The largest absolute Gasteiger partial charge is 0.489 e. The molecule has 4 aromatic carbocycles. The van der Waals surface area contributed by atoms with Crippen LogP contribution in [0.15, 0.2) is 100 Å². The number of nitrogens with zero attached hydrogens (tertiary/aromatic N) is 6. The maximum atomic E-state index is 15.3. The second-order valence-electron chi connectivity index (χ2n) is 15.9. The lowest BCUT2D eigenvalue weighted by Crippen LogP contribution is -2.38. The molecule has 1 fully saturated rings. The van der Waals surface area contributed by atoms with Gasteiger partial charge in [-0.2, -0.15) is 0 Å². The Morgan fingerprint density at radius 1 is 0.905 bits per heavy atom. The van der Waals surface area contributed by atoms with Gasteiger partial charge in [-0.3, -0.25) is 9.69 Å². The molecule has 12 nitrogen and oxygen atoms in total. The Morgan fingerprint density at radius 3 is 2.54 bits per heavy atom. The first-order valence-corrected chi connectivity index (χ1v) is 22.5. The second-order valence-corrected chi connectivity index (χ2v) is 16.6. The van der Waals surface area contributed by atoms with Crippen molar-refractivity contribution in [1.82, 2.24) is 39.8 Å². The summed E-state index contributed by atoms with van der Waals surface area (Å²) in [4.78, 5) is 24.5. The van der Waals surface area contributed by atoms with Crippen LogP contribution in [0.1, 0.15) is 35.3 Å². The summed E-state index contributed by atoms with van der Waals surface area (Å²) in [5, 5.41) is 14.6. The summed E-state index contributed by atoms with van der Waals surface area (Å²) in [5.41, 5.74) is 13.1. The van der Waals surface area contributed by atoms with Crippen molar-refractivity contribution >= 4 is 50.1 Å². The zero-order valence-corrected chi connectivity index (χ0v) is 36.6. The third-order valence-corrected chi connectivity index (χ3v) is 12.4. The summed E-state index contributed by atoms with van der Waals surface area (Å²) in [6, 6.07) is 24.4. The third kappa shape index (κ3) is 9.24. The van der Waals surface area contributed by atoms with E-state index in [2.05, 4.69) is 102 Å². The first kappa shape index (κ1) is 42.0. The molecule has 0 atom stereocenters. The zero-order chi connectivity index (χ0) is 43.3. The topological polar surface area (TPSA) is 125 Å². The quantitative estimate of drug-likeness (QED) is 0.0684. The van der Waals surface area contributed by atoms with Crippen LogP contribution in [-0.2, 0) is 42.0 Å². The number of aryl methyl sites for hydroxylation is 5. The number of thiazole rings is 1. The van der Waals surface area contributed by atoms with E-state index >= 15 is 4.39 Å². The van der Waals surface area contributed by atoms with Crippen molar-refractivity contribution < 1.29 is 23.2 Å². The van der Waals surface area contributed by atoms with Crippen molar-refractivity contribution in [2.75, 3.05) is 46.0 Å². The Kier molecular flexibility index (Phi) is 12.6. The number of morpholine rings is 1. The summed E-state index contributed by atoms with van der Waals surface area (Å²) in [6.45, 7) is 12.8. The number of ether oxygens (including phenoxy) is 2. The molecular weight excluding hydrogens is 816 g/mol. The van der Waals surface area contributed by atoms with Gasteiger partial charge in [0.15, 0.2) is 11.6 Å². The van der Waals surface area contributed by atoms with Crippen LogP contribution >= 0.6 is 11.3 Å². The molecular formula is C49H51FN8O4S. The Morgan fingerprint density at radius 2 is 1.75 bits per heavy atom. The second kappa shape index (κ2) is 19.0. The van der Waals surface area contributed by atoms with Crippen LogP contribution < -0.4 is 15.4 Å². The van der Waals surface area contributed by atoms with Crippen molar-refractivity contribution in [2.24, 2.45) is 0 Å². The van der Waals surface area contributed by atoms with Gasteiger partial charge in [0.05, 0.1) is 47.7 Å². The molecule has 4 aromatic heterocycles. The van der Waals surface area contributed by atoms with E-state index in [1.807, 2.05) is 25.4 Å². The molecule has 8 aromatic rings. The van der Waals surface area contributed by atoms with Crippen LogP contribution in [0.5, 0.6) is 5.75 Å². The van der Waals surface area contributed by atoms with Crippen LogP contribution in [0.3, 0.4) is 0 Å². The smallest absolute Gasteiger partial charge is 0.245 e. The van der Waals surface area contributed by atoms with E-state index in [1.165, 1.54) is 33.9 Å². The fourth-order valence-electron chi connectivity index (χ4n) is 8.63. The van der Waals surface area contributed by atoms with E-state index in [1.54, 1.807) is 23.6 Å².